The fourth-order valence-electron chi connectivity index (χ4n) is 1.96. The standard InChI is InChI=1S/C16H17ClFNO/c1-20-15-4-2-3-12(9-15)7-8-19-11-13-10-14(17)5-6-16(13)18/h2-6,9-10,19H,7-8,11H2,1H3. The molecule has 106 valence electrons. The Morgan fingerprint density at radius 2 is 2.05 bits per heavy atom. The maximum atomic E-state index is 13.5. The molecular formula is C16H17ClFNO. The highest BCUT2D eigenvalue weighted by atomic mass is 35.5. The lowest BCUT2D eigenvalue weighted by Crippen LogP contribution is -2.17. The summed E-state index contributed by atoms with van der Waals surface area (Å²) < 4.78 is 18.7. The smallest absolute Gasteiger partial charge is 0.127 e. The fraction of sp³-hybridized carbons (Fsp3) is 0.250. The minimum absolute atomic E-state index is 0.233. The van der Waals surface area contributed by atoms with Gasteiger partial charge in [0.1, 0.15) is 11.6 Å². The van der Waals surface area contributed by atoms with Gasteiger partial charge >= 0.3 is 0 Å². The van der Waals surface area contributed by atoms with E-state index in [0.29, 0.717) is 17.1 Å². The highest BCUT2D eigenvalue weighted by molar-refractivity contribution is 6.30. The molecule has 0 bridgehead atoms. The zero-order chi connectivity index (χ0) is 14.4. The van der Waals surface area contributed by atoms with E-state index in [2.05, 4.69) is 5.32 Å². The second kappa shape index (κ2) is 7.27. The van der Waals surface area contributed by atoms with E-state index >= 15 is 0 Å². The Kier molecular flexibility index (Phi) is 5.39. The number of hydrogen-bond acceptors (Lipinski definition) is 2. The summed E-state index contributed by atoms with van der Waals surface area (Å²) in [5.74, 6) is 0.617. The molecule has 0 aliphatic rings. The van der Waals surface area contributed by atoms with Crippen molar-refractivity contribution in [2.75, 3.05) is 13.7 Å². The molecule has 0 unspecified atom stereocenters. The molecule has 0 aromatic heterocycles. The van der Waals surface area contributed by atoms with Crippen molar-refractivity contribution in [2.45, 2.75) is 13.0 Å². The molecule has 2 aromatic rings. The molecule has 0 atom stereocenters. The maximum Gasteiger partial charge on any atom is 0.127 e. The Balaban J connectivity index is 1.82. The third-order valence-corrected chi connectivity index (χ3v) is 3.28. The predicted molar refractivity (Wildman–Crippen MR) is 79.8 cm³/mol. The Bertz CT molecular complexity index is 574. The Hall–Kier alpha value is -1.58. The lowest BCUT2D eigenvalue weighted by molar-refractivity contribution is 0.414. The summed E-state index contributed by atoms with van der Waals surface area (Å²) in [6.45, 7) is 1.23. The van der Waals surface area contributed by atoms with Crippen LogP contribution in [0.25, 0.3) is 0 Å². The van der Waals surface area contributed by atoms with E-state index in [4.69, 9.17) is 16.3 Å². The molecule has 20 heavy (non-hydrogen) atoms. The highest BCUT2D eigenvalue weighted by Gasteiger charge is 2.02. The van der Waals surface area contributed by atoms with Crippen LogP contribution in [0.1, 0.15) is 11.1 Å². The first kappa shape index (κ1) is 14.8. The average Bonchev–Trinajstić information content (AvgIpc) is 2.47. The second-order valence-corrected chi connectivity index (χ2v) is 4.95. The van der Waals surface area contributed by atoms with Crippen molar-refractivity contribution >= 4 is 11.6 Å². The quantitative estimate of drug-likeness (QED) is 0.818. The molecule has 0 fully saturated rings. The van der Waals surface area contributed by atoms with E-state index in [1.807, 2.05) is 24.3 Å². The van der Waals surface area contributed by atoms with Gasteiger partial charge in [-0.2, -0.15) is 0 Å². The maximum absolute atomic E-state index is 13.5. The Morgan fingerprint density at radius 3 is 2.85 bits per heavy atom. The molecule has 2 aromatic carbocycles. The summed E-state index contributed by atoms with van der Waals surface area (Å²) in [6, 6.07) is 12.5. The largest absolute Gasteiger partial charge is 0.497 e. The normalized spacial score (nSPS) is 10.6. The fourth-order valence-corrected chi connectivity index (χ4v) is 2.16. The molecule has 0 spiro atoms. The van der Waals surface area contributed by atoms with Gasteiger partial charge in [-0.3, -0.25) is 0 Å². The van der Waals surface area contributed by atoms with Crippen LogP contribution < -0.4 is 10.1 Å². The Morgan fingerprint density at radius 1 is 1.20 bits per heavy atom. The van der Waals surface area contributed by atoms with Crippen molar-refractivity contribution in [2.24, 2.45) is 0 Å². The van der Waals surface area contributed by atoms with Gasteiger partial charge in [-0.15, -0.1) is 0 Å². The lowest BCUT2D eigenvalue weighted by atomic mass is 10.1. The second-order valence-electron chi connectivity index (χ2n) is 4.51. The number of hydrogen-bond donors (Lipinski definition) is 1. The van der Waals surface area contributed by atoms with Crippen LogP contribution in [0.4, 0.5) is 4.39 Å². The molecule has 0 saturated heterocycles. The third kappa shape index (κ3) is 4.22. The monoisotopic (exact) mass is 293 g/mol. The SMILES string of the molecule is COc1cccc(CCNCc2cc(Cl)ccc2F)c1. The van der Waals surface area contributed by atoms with Crippen molar-refractivity contribution < 1.29 is 9.13 Å². The Labute approximate surface area is 123 Å². The first-order chi connectivity index (χ1) is 9.69. The summed E-state index contributed by atoms with van der Waals surface area (Å²) >= 11 is 5.85. The lowest BCUT2D eigenvalue weighted by Gasteiger charge is -2.07. The zero-order valence-corrected chi connectivity index (χ0v) is 12.1. The summed E-state index contributed by atoms with van der Waals surface area (Å²) in [6.07, 6.45) is 0.861. The van der Waals surface area contributed by atoms with Gasteiger partial charge in [-0.05, 0) is 48.9 Å². The van der Waals surface area contributed by atoms with Crippen molar-refractivity contribution in [3.8, 4) is 5.75 Å². The van der Waals surface area contributed by atoms with Crippen molar-refractivity contribution in [1.29, 1.82) is 0 Å². The molecule has 0 heterocycles. The van der Waals surface area contributed by atoms with Crippen molar-refractivity contribution in [3.63, 3.8) is 0 Å². The number of ether oxygens (including phenoxy) is 1. The summed E-state index contributed by atoms with van der Waals surface area (Å²) in [7, 11) is 1.65. The molecule has 4 heteroatoms. The summed E-state index contributed by atoms with van der Waals surface area (Å²) in [5, 5.41) is 3.77. The van der Waals surface area contributed by atoms with Gasteiger partial charge in [-0.25, -0.2) is 4.39 Å². The summed E-state index contributed by atoms with van der Waals surface area (Å²) in [5.41, 5.74) is 1.77. The zero-order valence-electron chi connectivity index (χ0n) is 11.3. The van der Waals surface area contributed by atoms with Gasteiger partial charge in [-0.1, -0.05) is 23.7 Å². The molecule has 2 rings (SSSR count). The van der Waals surface area contributed by atoms with Gasteiger partial charge in [0, 0.05) is 17.1 Å². The number of methoxy groups -OCH3 is 1. The van der Waals surface area contributed by atoms with Crippen LogP contribution in [0.15, 0.2) is 42.5 Å². The molecule has 0 aliphatic carbocycles. The summed E-state index contributed by atoms with van der Waals surface area (Å²) in [4.78, 5) is 0. The average molecular weight is 294 g/mol. The van der Waals surface area contributed by atoms with Gasteiger partial charge in [0.2, 0.25) is 0 Å². The number of nitrogens with one attached hydrogen (secondary N) is 1. The molecule has 2 nitrogen and oxygen atoms in total. The van der Waals surface area contributed by atoms with Crippen LogP contribution >= 0.6 is 11.6 Å². The van der Waals surface area contributed by atoms with Crippen LogP contribution in [0.5, 0.6) is 5.75 Å². The van der Waals surface area contributed by atoms with Gasteiger partial charge in [0.25, 0.3) is 0 Å². The minimum Gasteiger partial charge on any atom is -0.497 e. The topological polar surface area (TPSA) is 21.3 Å². The van der Waals surface area contributed by atoms with E-state index in [0.717, 1.165) is 18.7 Å². The molecule has 0 saturated carbocycles. The van der Waals surface area contributed by atoms with Crippen LogP contribution in [-0.4, -0.2) is 13.7 Å². The van der Waals surface area contributed by atoms with E-state index in [-0.39, 0.29) is 5.82 Å². The van der Waals surface area contributed by atoms with E-state index in [1.165, 1.54) is 11.6 Å². The van der Waals surface area contributed by atoms with E-state index in [9.17, 15) is 4.39 Å². The third-order valence-electron chi connectivity index (χ3n) is 3.05. The molecule has 1 N–H and O–H groups in total. The number of benzene rings is 2. The van der Waals surface area contributed by atoms with Crippen molar-refractivity contribution in [1.82, 2.24) is 5.32 Å². The van der Waals surface area contributed by atoms with Gasteiger partial charge < -0.3 is 10.1 Å². The van der Waals surface area contributed by atoms with Crippen molar-refractivity contribution in [3.05, 3.63) is 64.4 Å². The van der Waals surface area contributed by atoms with Crippen LogP contribution in [0, 0.1) is 5.82 Å². The van der Waals surface area contributed by atoms with Crippen LogP contribution in [0.3, 0.4) is 0 Å². The molecule has 0 aliphatic heterocycles. The van der Waals surface area contributed by atoms with Gasteiger partial charge in [0.05, 0.1) is 7.11 Å². The highest BCUT2D eigenvalue weighted by Crippen LogP contribution is 2.15. The molecule has 0 radical (unpaired) electrons. The first-order valence-electron chi connectivity index (χ1n) is 6.46. The van der Waals surface area contributed by atoms with E-state index < -0.39 is 0 Å². The first-order valence-corrected chi connectivity index (χ1v) is 6.84. The van der Waals surface area contributed by atoms with E-state index in [1.54, 1.807) is 19.2 Å². The molecule has 0 amide bonds. The predicted octanol–water partition coefficient (Wildman–Crippen LogP) is 3.82. The van der Waals surface area contributed by atoms with Crippen LogP contribution in [0.2, 0.25) is 5.02 Å². The van der Waals surface area contributed by atoms with Crippen LogP contribution in [-0.2, 0) is 13.0 Å². The minimum atomic E-state index is -0.233. The molecular weight excluding hydrogens is 277 g/mol. The van der Waals surface area contributed by atoms with Gasteiger partial charge in [0.15, 0.2) is 0 Å². The number of halogens is 2. The number of rotatable bonds is 6.